The standard InChI is InChI=1S/C17H27N3/c1-3-4-9-20(16-7-8-16)17-13(2)10-14(12-19-17)11-18-15-5-6-15/h10,12,15-16,18H,3-9,11H2,1-2H3. The Morgan fingerprint density at radius 2 is 2.10 bits per heavy atom. The summed E-state index contributed by atoms with van der Waals surface area (Å²) >= 11 is 0. The fourth-order valence-corrected chi connectivity index (χ4v) is 2.75. The van der Waals surface area contributed by atoms with Crippen LogP contribution < -0.4 is 10.2 Å². The molecular formula is C17H27N3. The number of nitrogens with one attached hydrogen (secondary N) is 1. The number of unbranched alkanes of at least 4 members (excludes halogenated alkanes) is 1. The fraction of sp³-hybridized carbons (Fsp3) is 0.706. The largest absolute Gasteiger partial charge is 0.353 e. The lowest BCUT2D eigenvalue weighted by Gasteiger charge is -2.25. The van der Waals surface area contributed by atoms with Crippen LogP contribution in [0.5, 0.6) is 0 Å². The Hall–Kier alpha value is -1.09. The molecular weight excluding hydrogens is 246 g/mol. The number of aryl methyl sites for hydroxylation is 1. The molecule has 2 aliphatic carbocycles. The lowest BCUT2D eigenvalue weighted by molar-refractivity contribution is 0.681. The second kappa shape index (κ2) is 6.13. The first-order chi connectivity index (χ1) is 9.78. The zero-order chi connectivity index (χ0) is 13.9. The summed E-state index contributed by atoms with van der Waals surface area (Å²) in [7, 11) is 0. The molecule has 0 radical (unpaired) electrons. The van der Waals surface area contributed by atoms with Crippen LogP contribution in [-0.4, -0.2) is 23.6 Å². The predicted molar refractivity (Wildman–Crippen MR) is 84.1 cm³/mol. The Kier molecular flexibility index (Phi) is 4.25. The van der Waals surface area contributed by atoms with Crippen LogP contribution in [0.25, 0.3) is 0 Å². The van der Waals surface area contributed by atoms with Gasteiger partial charge < -0.3 is 10.2 Å². The van der Waals surface area contributed by atoms with Crippen molar-refractivity contribution in [2.75, 3.05) is 11.4 Å². The van der Waals surface area contributed by atoms with Gasteiger partial charge in [-0.25, -0.2) is 4.98 Å². The van der Waals surface area contributed by atoms with Gasteiger partial charge in [0, 0.05) is 31.4 Å². The minimum atomic E-state index is 0.753. The zero-order valence-electron chi connectivity index (χ0n) is 12.9. The Bertz CT molecular complexity index is 450. The van der Waals surface area contributed by atoms with E-state index >= 15 is 0 Å². The molecule has 0 bridgehead atoms. The summed E-state index contributed by atoms with van der Waals surface area (Å²) in [5.74, 6) is 1.22. The lowest BCUT2D eigenvalue weighted by Crippen LogP contribution is -2.28. The molecule has 0 aromatic carbocycles. The average Bonchev–Trinajstić information content (AvgIpc) is 3.32. The van der Waals surface area contributed by atoms with Crippen LogP contribution in [0.15, 0.2) is 12.3 Å². The van der Waals surface area contributed by atoms with E-state index in [0.717, 1.165) is 25.2 Å². The minimum Gasteiger partial charge on any atom is -0.353 e. The van der Waals surface area contributed by atoms with Gasteiger partial charge in [0.1, 0.15) is 5.82 Å². The van der Waals surface area contributed by atoms with E-state index < -0.39 is 0 Å². The van der Waals surface area contributed by atoms with E-state index in [1.54, 1.807) is 0 Å². The van der Waals surface area contributed by atoms with Crippen LogP contribution in [0.4, 0.5) is 5.82 Å². The van der Waals surface area contributed by atoms with E-state index in [1.165, 1.54) is 55.5 Å². The maximum absolute atomic E-state index is 4.78. The molecule has 3 nitrogen and oxygen atoms in total. The second-order valence-corrected chi connectivity index (χ2v) is 6.42. The van der Waals surface area contributed by atoms with Crippen molar-refractivity contribution in [2.45, 2.75) is 71.0 Å². The zero-order valence-corrected chi connectivity index (χ0v) is 12.9. The monoisotopic (exact) mass is 273 g/mol. The summed E-state index contributed by atoms with van der Waals surface area (Å²) in [5, 5.41) is 3.56. The smallest absolute Gasteiger partial charge is 0.131 e. The fourth-order valence-electron chi connectivity index (χ4n) is 2.75. The molecule has 2 saturated carbocycles. The van der Waals surface area contributed by atoms with E-state index in [9.17, 15) is 0 Å². The first-order valence-electron chi connectivity index (χ1n) is 8.23. The molecule has 1 aromatic rings. The number of pyridine rings is 1. The van der Waals surface area contributed by atoms with Gasteiger partial charge in [-0.15, -0.1) is 0 Å². The summed E-state index contributed by atoms with van der Waals surface area (Å²) in [6, 6.07) is 3.84. The van der Waals surface area contributed by atoms with Gasteiger partial charge in [-0.1, -0.05) is 13.3 Å². The third-order valence-corrected chi connectivity index (χ3v) is 4.29. The van der Waals surface area contributed by atoms with Crippen molar-refractivity contribution < 1.29 is 0 Å². The minimum absolute atomic E-state index is 0.753. The van der Waals surface area contributed by atoms with Crippen molar-refractivity contribution >= 4 is 5.82 Å². The van der Waals surface area contributed by atoms with Gasteiger partial charge in [0.15, 0.2) is 0 Å². The van der Waals surface area contributed by atoms with Gasteiger partial charge >= 0.3 is 0 Å². The second-order valence-electron chi connectivity index (χ2n) is 6.42. The highest BCUT2D eigenvalue weighted by Crippen LogP contribution is 2.32. The van der Waals surface area contributed by atoms with E-state index in [-0.39, 0.29) is 0 Å². The molecule has 0 amide bonds. The number of nitrogens with zero attached hydrogens (tertiary/aromatic N) is 2. The van der Waals surface area contributed by atoms with Crippen molar-refractivity contribution in [3.05, 3.63) is 23.4 Å². The molecule has 0 spiro atoms. The van der Waals surface area contributed by atoms with Crippen molar-refractivity contribution in [3.63, 3.8) is 0 Å². The molecule has 0 unspecified atom stereocenters. The van der Waals surface area contributed by atoms with Crippen LogP contribution in [-0.2, 0) is 6.54 Å². The summed E-state index contributed by atoms with van der Waals surface area (Å²) < 4.78 is 0. The molecule has 0 saturated heterocycles. The topological polar surface area (TPSA) is 28.2 Å². The molecule has 1 N–H and O–H groups in total. The summed E-state index contributed by atoms with van der Waals surface area (Å²) in [6.07, 6.45) is 9.97. The van der Waals surface area contributed by atoms with Gasteiger partial charge in [0.2, 0.25) is 0 Å². The van der Waals surface area contributed by atoms with Crippen LogP contribution >= 0.6 is 0 Å². The highest BCUT2D eigenvalue weighted by molar-refractivity contribution is 5.49. The van der Waals surface area contributed by atoms with Gasteiger partial charge in [0.25, 0.3) is 0 Å². The molecule has 2 aliphatic rings. The molecule has 0 aliphatic heterocycles. The molecule has 1 aromatic heterocycles. The van der Waals surface area contributed by atoms with Crippen molar-refractivity contribution in [1.29, 1.82) is 0 Å². The van der Waals surface area contributed by atoms with Crippen molar-refractivity contribution in [1.82, 2.24) is 10.3 Å². The Labute approximate surface area is 122 Å². The predicted octanol–water partition coefficient (Wildman–Crippen LogP) is 3.41. The third kappa shape index (κ3) is 3.51. The molecule has 3 heteroatoms. The SMILES string of the molecule is CCCCN(c1ncc(CNC2CC2)cc1C)C1CC1. The average molecular weight is 273 g/mol. The number of hydrogen-bond donors (Lipinski definition) is 1. The molecule has 2 fully saturated rings. The first kappa shape index (κ1) is 13.9. The van der Waals surface area contributed by atoms with Crippen LogP contribution in [0, 0.1) is 6.92 Å². The number of anilines is 1. The van der Waals surface area contributed by atoms with Crippen LogP contribution in [0.3, 0.4) is 0 Å². The summed E-state index contributed by atoms with van der Waals surface area (Å²) in [6.45, 7) is 6.61. The number of aromatic nitrogens is 1. The maximum Gasteiger partial charge on any atom is 0.131 e. The highest BCUT2D eigenvalue weighted by Gasteiger charge is 2.30. The Morgan fingerprint density at radius 1 is 1.30 bits per heavy atom. The molecule has 1 heterocycles. The highest BCUT2D eigenvalue weighted by atomic mass is 15.2. The van der Waals surface area contributed by atoms with E-state index in [0.29, 0.717) is 0 Å². The lowest BCUT2D eigenvalue weighted by atomic mass is 10.2. The summed E-state index contributed by atoms with van der Waals surface area (Å²) in [5.41, 5.74) is 2.66. The van der Waals surface area contributed by atoms with Gasteiger partial charge in [-0.05, 0) is 56.2 Å². The Morgan fingerprint density at radius 3 is 2.70 bits per heavy atom. The van der Waals surface area contributed by atoms with Gasteiger partial charge in [0.05, 0.1) is 0 Å². The van der Waals surface area contributed by atoms with E-state index in [2.05, 4.69) is 36.3 Å². The number of rotatable bonds is 8. The van der Waals surface area contributed by atoms with E-state index in [4.69, 9.17) is 4.98 Å². The van der Waals surface area contributed by atoms with Crippen LogP contribution in [0.2, 0.25) is 0 Å². The van der Waals surface area contributed by atoms with Gasteiger partial charge in [-0.3, -0.25) is 0 Å². The maximum atomic E-state index is 4.78. The molecule has 20 heavy (non-hydrogen) atoms. The van der Waals surface area contributed by atoms with Crippen molar-refractivity contribution in [3.8, 4) is 0 Å². The normalized spacial score (nSPS) is 18.3. The van der Waals surface area contributed by atoms with Crippen molar-refractivity contribution in [2.24, 2.45) is 0 Å². The van der Waals surface area contributed by atoms with E-state index in [1.807, 2.05) is 0 Å². The first-order valence-corrected chi connectivity index (χ1v) is 8.23. The molecule has 3 rings (SSSR count). The Balaban J connectivity index is 1.67. The quantitative estimate of drug-likeness (QED) is 0.786. The number of hydrogen-bond acceptors (Lipinski definition) is 3. The van der Waals surface area contributed by atoms with Crippen LogP contribution in [0.1, 0.15) is 56.6 Å². The summed E-state index contributed by atoms with van der Waals surface area (Å²) in [4.78, 5) is 7.32. The molecule has 110 valence electrons. The third-order valence-electron chi connectivity index (χ3n) is 4.29. The molecule has 0 atom stereocenters. The van der Waals surface area contributed by atoms with Gasteiger partial charge in [-0.2, -0.15) is 0 Å².